The molecular weight excluding hydrogens is 398 g/mol. The van der Waals surface area contributed by atoms with Crippen LogP contribution in [0.1, 0.15) is 47.6 Å². The van der Waals surface area contributed by atoms with Crippen LogP contribution >= 0.6 is 11.3 Å². The molecule has 156 valence electrons. The van der Waals surface area contributed by atoms with E-state index in [1.54, 1.807) is 42.5 Å². The summed E-state index contributed by atoms with van der Waals surface area (Å²) < 4.78 is 6.27. The second-order valence-corrected chi connectivity index (χ2v) is 8.38. The Labute approximate surface area is 179 Å². The number of amides is 1. The first-order valence-electron chi connectivity index (χ1n) is 10.3. The number of benzene rings is 2. The average molecular weight is 424 g/mol. The van der Waals surface area contributed by atoms with Gasteiger partial charge in [-0.05, 0) is 50.6 Å². The van der Waals surface area contributed by atoms with Gasteiger partial charge < -0.3 is 10.1 Å². The first kappa shape index (κ1) is 20.5. The van der Waals surface area contributed by atoms with Crippen LogP contribution in [0.3, 0.4) is 0 Å². The molecule has 1 saturated heterocycles. The van der Waals surface area contributed by atoms with E-state index >= 15 is 0 Å². The molecule has 0 aliphatic carbocycles. The van der Waals surface area contributed by atoms with Gasteiger partial charge in [-0.25, -0.2) is 9.78 Å². The van der Waals surface area contributed by atoms with Gasteiger partial charge in [0, 0.05) is 0 Å². The number of fused-ring (bicyclic) bond motifs is 1. The topological polar surface area (TPSA) is 71.5 Å². The molecule has 3 aromatic rings. The van der Waals surface area contributed by atoms with Crippen molar-refractivity contribution in [2.75, 3.05) is 25.0 Å². The number of piperidine rings is 1. The van der Waals surface area contributed by atoms with E-state index in [1.807, 2.05) is 18.2 Å². The van der Waals surface area contributed by atoms with E-state index in [0.717, 1.165) is 36.3 Å². The summed E-state index contributed by atoms with van der Waals surface area (Å²) in [5, 5.41) is 3.96. The fraction of sp³-hybridized carbons (Fsp3) is 0.348. The molecule has 1 atom stereocenters. The number of nitrogens with zero attached hydrogens (tertiary/aromatic N) is 2. The van der Waals surface area contributed by atoms with E-state index < -0.39 is 5.97 Å². The van der Waals surface area contributed by atoms with Crippen molar-refractivity contribution < 1.29 is 14.3 Å². The summed E-state index contributed by atoms with van der Waals surface area (Å²) in [5.41, 5.74) is 1.86. The zero-order valence-electron chi connectivity index (χ0n) is 17.0. The Morgan fingerprint density at radius 2 is 1.97 bits per heavy atom. The normalized spacial score (nSPS) is 17.0. The Kier molecular flexibility index (Phi) is 6.40. The van der Waals surface area contributed by atoms with Crippen LogP contribution in [0.15, 0.2) is 48.5 Å². The van der Waals surface area contributed by atoms with Crippen LogP contribution in [-0.4, -0.2) is 41.5 Å². The highest BCUT2D eigenvalue weighted by molar-refractivity contribution is 7.18. The number of para-hydroxylation sites is 2. The number of anilines is 1. The van der Waals surface area contributed by atoms with Gasteiger partial charge >= 0.3 is 5.97 Å². The SMILES string of the molecule is CCOC(=O)c1ccccc1NC(=O)CN1CCCC[C@@H]1c1nc2ccccc2s1. The minimum atomic E-state index is -0.432. The highest BCUT2D eigenvalue weighted by Crippen LogP contribution is 2.35. The maximum Gasteiger partial charge on any atom is 0.340 e. The molecule has 1 aliphatic heterocycles. The largest absolute Gasteiger partial charge is 0.462 e. The molecule has 0 bridgehead atoms. The molecule has 2 heterocycles. The summed E-state index contributed by atoms with van der Waals surface area (Å²) in [7, 11) is 0. The van der Waals surface area contributed by atoms with Crippen molar-refractivity contribution in [2.45, 2.75) is 32.2 Å². The summed E-state index contributed by atoms with van der Waals surface area (Å²) in [6, 6.07) is 15.2. The first-order chi connectivity index (χ1) is 14.7. The lowest BCUT2D eigenvalue weighted by molar-refractivity contribution is -0.118. The Hall–Kier alpha value is -2.77. The smallest absolute Gasteiger partial charge is 0.340 e. The van der Waals surface area contributed by atoms with Gasteiger partial charge in [0.2, 0.25) is 5.91 Å². The lowest BCUT2D eigenvalue weighted by Crippen LogP contribution is -2.39. The number of ether oxygens (including phenoxy) is 1. The molecule has 1 aliphatic rings. The van der Waals surface area contributed by atoms with Crippen LogP contribution in [0.5, 0.6) is 0 Å². The zero-order valence-corrected chi connectivity index (χ0v) is 17.8. The maximum absolute atomic E-state index is 12.8. The summed E-state index contributed by atoms with van der Waals surface area (Å²) in [6.07, 6.45) is 3.19. The quantitative estimate of drug-likeness (QED) is 0.585. The number of aromatic nitrogens is 1. The summed E-state index contributed by atoms with van der Waals surface area (Å²) in [5.74, 6) is -0.571. The third kappa shape index (κ3) is 4.52. The van der Waals surface area contributed by atoms with Gasteiger partial charge in [-0.1, -0.05) is 30.7 Å². The molecule has 0 radical (unpaired) electrons. The van der Waals surface area contributed by atoms with Crippen molar-refractivity contribution in [3.63, 3.8) is 0 Å². The Morgan fingerprint density at radius 3 is 2.80 bits per heavy atom. The highest BCUT2D eigenvalue weighted by Gasteiger charge is 2.28. The number of likely N-dealkylation sites (tertiary alicyclic amines) is 1. The molecular formula is C23H25N3O3S. The first-order valence-corrected chi connectivity index (χ1v) is 11.1. The van der Waals surface area contributed by atoms with Gasteiger partial charge in [-0.2, -0.15) is 0 Å². The van der Waals surface area contributed by atoms with E-state index in [4.69, 9.17) is 9.72 Å². The number of carbonyl (C=O) groups is 2. The summed E-state index contributed by atoms with van der Waals surface area (Å²) in [6.45, 7) is 3.17. The van der Waals surface area contributed by atoms with Crippen LogP contribution in [0.25, 0.3) is 10.2 Å². The van der Waals surface area contributed by atoms with Gasteiger partial charge in [-0.3, -0.25) is 9.69 Å². The van der Waals surface area contributed by atoms with E-state index in [2.05, 4.69) is 16.3 Å². The van der Waals surface area contributed by atoms with Crippen LogP contribution in [0, 0.1) is 0 Å². The lowest BCUT2D eigenvalue weighted by Gasteiger charge is -2.33. The van der Waals surface area contributed by atoms with Gasteiger partial charge in [0.05, 0.1) is 40.7 Å². The third-order valence-corrected chi connectivity index (χ3v) is 6.39. The minimum Gasteiger partial charge on any atom is -0.462 e. The number of esters is 1. The van der Waals surface area contributed by atoms with Gasteiger partial charge in [-0.15, -0.1) is 11.3 Å². The van der Waals surface area contributed by atoms with Crippen molar-refractivity contribution >= 4 is 39.1 Å². The molecule has 30 heavy (non-hydrogen) atoms. The van der Waals surface area contributed by atoms with Gasteiger partial charge in [0.1, 0.15) is 5.01 Å². The number of nitrogens with one attached hydrogen (secondary N) is 1. The predicted molar refractivity (Wildman–Crippen MR) is 119 cm³/mol. The number of rotatable bonds is 6. The Morgan fingerprint density at radius 1 is 1.17 bits per heavy atom. The molecule has 0 unspecified atom stereocenters. The molecule has 0 saturated carbocycles. The van der Waals surface area contributed by atoms with Gasteiger partial charge in [0.25, 0.3) is 0 Å². The summed E-state index contributed by atoms with van der Waals surface area (Å²) >= 11 is 1.70. The van der Waals surface area contributed by atoms with Crippen molar-refractivity contribution in [1.82, 2.24) is 9.88 Å². The number of carbonyl (C=O) groups excluding carboxylic acids is 2. The molecule has 0 spiro atoms. The van der Waals surface area contributed by atoms with Crippen molar-refractivity contribution in [2.24, 2.45) is 0 Å². The second kappa shape index (κ2) is 9.36. The second-order valence-electron chi connectivity index (χ2n) is 7.32. The Bertz CT molecular complexity index is 1020. The summed E-state index contributed by atoms with van der Waals surface area (Å²) in [4.78, 5) is 32.0. The average Bonchev–Trinajstić information content (AvgIpc) is 3.18. The molecule has 4 rings (SSSR count). The molecule has 1 fully saturated rings. The van der Waals surface area contributed by atoms with Gasteiger partial charge in [0.15, 0.2) is 0 Å². The van der Waals surface area contributed by atoms with E-state index in [9.17, 15) is 9.59 Å². The van der Waals surface area contributed by atoms with Crippen molar-refractivity contribution in [1.29, 1.82) is 0 Å². The molecule has 1 N–H and O–H groups in total. The van der Waals surface area contributed by atoms with Crippen molar-refractivity contribution in [3.05, 3.63) is 59.1 Å². The maximum atomic E-state index is 12.8. The zero-order chi connectivity index (χ0) is 20.9. The third-order valence-electron chi connectivity index (χ3n) is 5.25. The molecule has 1 aromatic heterocycles. The van der Waals surface area contributed by atoms with E-state index in [-0.39, 0.29) is 18.5 Å². The Balaban J connectivity index is 1.48. The fourth-order valence-electron chi connectivity index (χ4n) is 3.85. The molecule has 1 amide bonds. The van der Waals surface area contributed by atoms with Crippen LogP contribution < -0.4 is 5.32 Å². The monoisotopic (exact) mass is 423 g/mol. The fourth-order valence-corrected chi connectivity index (χ4v) is 4.98. The molecule has 7 heteroatoms. The minimum absolute atomic E-state index is 0.139. The standard InChI is InChI=1S/C23H25N3O3S/c1-2-29-23(28)16-9-3-4-10-17(16)24-21(27)15-26-14-8-7-12-19(26)22-25-18-11-5-6-13-20(18)30-22/h3-6,9-11,13,19H,2,7-8,12,14-15H2,1H3,(H,24,27)/t19-/m1/s1. The number of hydrogen-bond acceptors (Lipinski definition) is 6. The number of hydrogen-bond donors (Lipinski definition) is 1. The van der Waals surface area contributed by atoms with Crippen LogP contribution in [-0.2, 0) is 9.53 Å². The van der Waals surface area contributed by atoms with Crippen LogP contribution in [0.2, 0.25) is 0 Å². The van der Waals surface area contributed by atoms with Crippen LogP contribution in [0.4, 0.5) is 5.69 Å². The lowest BCUT2D eigenvalue weighted by atomic mass is 10.0. The van der Waals surface area contributed by atoms with E-state index in [0.29, 0.717) is 17.9 Å². The predicted octanol–water partition coefficient (Wildman–Crippen LogP) is 4.64. The highest BCUT2D eigenvalue weighted by atomic mass is 32.1. The number of thiazole rings is 1. The van der Waals surface area contributed by atoms with E-state index in [1.165, 1.54) is 4.70 Å². The molecule has 6 nitrogen and oxygen atoms in total. The van der Waals surface area contributed by atoms with Crippen molar-refractivity contribution in [3.8, 4) is 0 Å². The molecule has 2 aromatic carbocycles.